The van der Waals surface area contributed by atoms with Gasteiger partial charge in [-0.05, 0) is 5.56 Å². The number of aromatic nitrogens is 2. The van der Waals surface area contributed by atoms with E-state index in [0.29, 0.717) is 41.2 Å². The molecule has 0 radical (unpaired) electrons. The van der Waals surface area contributed by atoms with Crippen molar-refractivity contribution in [1.29, 1.82) is 0 Å². The van der Waals surface area contributed by atoms with Crippen molar-refractivity contribution in [2.75, 3.05) is 0 Å². The fourth-order valence-electron chi connectivity index (χ4n) is 5.40. The zero-order chi connectivity index (χ0) is 26.6. The molecule has 0 saturated carbocycles. The lowest BCUT2D eigenvalue weighted by Gasteiger charge is -2.07. The lowest BCUT2D eigenvalue weighted by atomic mass is 10.1. The van der Waals surface area contributed by atoms with E-state index in [1.54, 1.807) is 0 Å². The van der Waals surface area contributed by atoms with Gasteiger partial charge in [0.25, 0.3) is 0 Å². The van der Waals surface area contributed by atoms with Gasteiger partial charge in [0.05, 0.1) is 6.54 Å². The van der Waals surface area contributed by atoms with E-state index in [-0.39, 0.29) is 0 Å². The summed E-state index contributed by atoms with van der Waals surface area (Å²) in [7, 11) is 0. The number of nitrogens with zero attached hydrogens (tertiary/aromatic N) is 5. The van der Waals surface area contributed by atoms with E-state index in [2.05, 4.69) is 16.0 Å². The van der Waals surface area contributed by atoms with Crippen molar-refractivity contribution in [2.45, 2.75) is 6.54 Å². The summed E-state index contributed by atoms with van der Waals surface area (Å²) < 4.78 is 0. The Balaban J connectivity index is 1.47. The Labute approximate surface area is 228 Å². The molecule has 2 aliphatic rings. The number of hydrogen-bond acceptors (Lipinski definition) is 6. The Hall–Kier alpha value is -5.63. The first-order chi connectivity index (χ1) is 19.7. The maximum atomic E-state index is 6.63. The van der Waals surface area contributed by atoms with E-state index in [9.17, 15) is 0 Å². The van der Waals surface area contributed by atoms with Crippen molar-refractivity contribution in [3.8, 4) is 0 Å². The molecule has 4 aromatic carbocycles. The highest BCUT2D eigenvalue weighted by Gasteiger charge is 2.22. The molecule has 2 aromatic heterocycles. The van der Waals surface area contributed by atoms with Gasteiger partial charge in [0.1, 0.15) is 28.4 Å². The summed E-state index contributed by atoms with van der Waals surface area (Å²) >= 11 is 0. The summed E-state index contributed by atoms with van der Waals surface area (Å²) in [5.41, 5.74) is 11.7. The van der Waals surface area contributed by atoms with Crippen LogP contribution in [0.3, 0.4) is 0 Å². The Morgan fingerprint density at radius 1 is 0.500 bits per heavy atom. The molecule has 6 aromatic rings. The quantitative estimate of drug-likeness (QED) is 0.258. The average Bonchev–Trinajstić information content (AvgIpc) is 3.64. The van der Waals surface area contributed by atoms with Crippen LogP contribution in [0.25, 0.3) is 21.5 Å². The summed E-state index contributed by atoms with van der Waals surface area (Å²) in [6.45, 7) is 0.421. The highest BCUT2D eigenvalue weighted by molar-refractivity contribution is 6.23. The standard InChI is InChI=1S/C32H22N8/c33-26-19-10-2-1-9-18(19)17-34-27-20-11-3-4-12-21(20)29(36-27)38-31-24-15-7-8-16-25(24)32(40-31)39-30-23-14-6-5-13-22(23)28(35-26)37-30/h1-16,37H,17H2,(H2,33,35)(H,34,36,38,39,40). The van der Waals surface area contributed by atoms with Crippen molar-refractivity contribution in [3.05, 3.63) is 130 Å². The van der Waals surface area contributed by atoms with Crippen molar-refractivity contribution in [2.24, 2.45) is 30.7 Å². The maximum absolute atomic E-state index is 6.63. The van der Waals surface area contributed by atoms with Gasteiger partial charge >= 0.3 is 0 Å². The third-order valence-electron chi connectivity index (χ3n) is 7.34. The van der Waals surface area contributed by atoms with Crippen LogP contribution >= 0.6 is 0 Å². The van der Waals surface area contributed by atoms with Crippen LogP contribution in [-0.4, -0.2) is 27.5 Å². The Morgan fingerprint density at radius 3 is 1.77 bits per heavy atom. The van der Waals surface area contributed by atoms with E-state index < -0.39 is 0 Å². The molecule has 40 heavy (non-hydrogen) atoms. The molecular formula is C32H22N8. The number of H-pyrrole nitrogens is 2. The first-order valence-corrected chi connectivity index (χ1v) is 13.0. The minimum Gasteiger partial charge on any atom is -0.383 e. The van der Waals surface area contributed by atoms with Crippen LogP contribution in [0.2, 0.25) is 0 Å². The van der Waals surface area contributed by atoms with Gasteiger partial charge in [-0.15, -0.1) is 0 Å². The fraction of sp³-hybridized carbons (Fsp3) is 0.0312. The van der Waals surface area contributed by atoms with Crippen LogP contribution in [0.4, 0.5) is 11.6 Å². The van der Waals surface area contributed by atoms with Crippen LogP contribution in [0, 0.1) is 0 Å². The smallest absolute Gasteiger partial charge is 0.164 e. The molecule has 4 N–H and O–H groups in total. The predicted molar refractivity (Wildman–Crippen MR) is 159 cm³/mol. The van der Waals surface area contributed by atoms with Crippen molar-refractivity contribution in [1.82, 2.24) is 9.97 Å². The highest BCUT2D eigenvalue weighted by Crippen LogP contribution is 2.35. The largest absolute Gasteiger partial charge is 0.383 e. The van der Waals surface area contributed by atoms with Crippen LogP contribution in [0.15, 0.2) is 122 Å². The molecule has 0 aliphatic carbocycles. The second-order valence-corrected chi connectivity index (χ2v) is 9.73. The van der Waals surface area contributed by atoms with E-state index in [4.69, 9.17) is 30.7 Å². The number of fused-ring (bicyclic) bond motifs is 15. The fourth-order valence-corrected chi connectivity index (χ4v) is 5.40. The average molecular weight is 519 g/mol. The summed E-state index contributed by atoms with van der Waals surface area (Å²) in [6.07, 6.45) is 0. The number of nitrogens with two attached hydrogens (primary N) is 1. The molecule has 0 amide bonds. The number of benzene rings is 4. The van der Waals surface area contributed by atoms with Crippen LogP contribution in [-0.2, 0) is 6.54 Å². The van der Waals surface area contributed by atoms with Crippen LogP contribution in [0.5, 0.6) is 0 Å². The van der Waals surface area contributed by atoms with E-state index in [0.717, 1.165) is 49.3 Å². The second kappa shape index (κ2) is 8.71. The van der Waals surface area contributed by atoms with Gasteiger partial charge in [0.15, 0.2) is 11.7 Å². The number of aromatic amines is 2. The van der Waals surface area contributed by atoms with Gasteiger partial charge in [0, 0.05) is 38.2 Å². The number of rotatable bonds is 0. The molecule has 8 heteroatoms. The van der Waals surface area contributed by atoms with Gasteiger partial charge in [0.2, 0.25) is 0 Å². The molecular weight excluding hydrogens is 496 g/mol. The number of aliphatic imine (C=N–C) groups is 3. The zero-order valence-electron chi connectivity index (χ0n) is 21.3. The Morgan fingerprint density at radius 2 is 1.05 bits per heavy atom. The normalized spacial score (nSPS) is 16.9. The molecule has 0 atom stereocenters. The van der Waals surface area contributed by atoms with Gasteiger partial charge < -0.3 is 15.7 Å². The summed E-state index contributed by atoms with van der Waals surface area (Å²) in [5.74, 6) is 2.89. The Kier molecular flexibility index (Phi) is 4.87. The minimum absolute atomic E-state index is 0.403. The minimum atomic E-state index is 0.403. The molecule has 6 bridgehead atoms. The van der Waals surface area contributed by atoms with Gasteiger partial charge in [-0.1, -0.05) is 97.1 Å². The first kappa shape index (κ1) is 22.4. The zero-order valence-corrected chi connectivity index (χ0v) is 21.3. The molecule has 190 valence electrons. The van der Waals surface area contributed by atoms with Gasteiger partial charge in [-0.2, -0.15) is 0 Å². The van der Waals surface area contributed by atoms with Crippen LogP contribution < -0.4 is 16.7 Å². The third kappa shape index (κ3) is 3.50. The van der Waals surface area contributed by atoms with Gasteiger partial charge in [-0.3, -0.25) is 4.99 Å². The summed E-state index contributed by atoms with van der Waals surface area (Å²) in [4.78, 5) is 31.5. The maximum Gasteiger partial charge on any atom is 0.164 e. The topological polar surface area (TPSA) is 119 Å². The predicted octanol–water partition coefficient (Wildman–Crippen LogP) is 4.98. The molecule has 0 unspecified atom stereocenters. The second-order valence-electron chi connectivity index (χ2n) is 9.73. The molecule has 0 spiro atoms. The number of hydrogen-bond donors (Lipinski definition) is 3. The van der Waals surface area contributed by atoms with E-state index >= 15 is 0 Å². The van der Waals surface area contributed by atoms with Crippen molar-refractivity contribution in [3.63, 3.8) is 0 Å². The lowest BCUT2D eigenvalue weighted by Crippen LogP contribution is -2.16. The molecule has 0 saturated heterocycles. The molecule has 4 heterocycles. The van der Waals surface area contributed by atoms with E-state index in [1.165, 1.54) is 0 Å². The molecule has 2 aliphatic heterocycles. The van der Waals surface area contributed by atoms with Crippen molar-refractivity contribution >= 4 is 50.7 Å². The van der Waals surface area contributed by atoms with Gasteiger partial charge in [-0.25, -0.2) is 20.0 Å². The summed E-state index contributed by atoms with van der Waals surface area (Å²) in [5, 5.41) is 3.83. The third-order valence-corrected chi connectivity index (χ3v) is 7.34. The lowest BCUT2D eigenvalue weighted by molar-refractivity contribution is 0.970. The Bertz CT molecular complexity index is 2210. The number of nitrogens with one attached hydrogen (secondary N) is 2. The SMILES string of the molecule is N/C1=N\c2[nH]c(c3ccccc23)/N=C2\N=C(N=c3[nH]c(c4ccccc34)=NCc3ccccc31)c1ccccc12. The number of amidine groups is 3. The first-order valence-electron chi connectivity index (χ1n) is 13.0. The van der Waals surface area contributed by atoms with E-state index in [1.807, 2.05) is 91.0 Å². The summed E-state index contributed by atoms with van der Waals surface area (Å²) in [6, 6.07) is 32.1. The van der Waals surface area contributed by atoms with Crippen molar-refractivity contribution < 1.29 is 0 Å². The molecule has 0 fully saturated rings. The monoisotopic (exact) mass is 518 g/mol. The van der Waals surface area contributed by atoms with Crippen LogP contribution in [0.1, 0.15) is 22.3 Å². The highest BCUT2D eigenvalue weighted by atomic mass is 15.1. The molecule has 8 nitrogen and oxygen atoms in total. The molecule has 8 rings (SSSR count).